The molecule has 102 valence electrons. The fraction of sp³-hybridized carbons (Fsp3) is 0.846. The predicted octanol–water partition coefficient (Wildman–Crippen LogP) is 0.586. The van der Waals surface area contributed by atoms with Crippen molar-refractivity contribution in [2.75, 3.05) is 13.2 Å². The number of ether oxygens (including phenoxy) is 1. The standard InChI is InChI=1S/C13H22N2O3/c1-2-18-12(16)8-14-13(17)11-7-9-5-3-4-6-10(9)15-11/h9-11,15H,2-8H2,1H3,(H,14,17). The minimum atomic E-state index is -0.374. The van der Waals surface area contributed by atoms with Gasteiger partial charge >= 0.3 is 5.97 Å². The Balaban J connectivity index is 1.75. The Morgan fingerprint density at radius 2 is 2.11 bits per heavy atom. The number of rotatable bonds is 4. The van der Waals surface area contributed by atoms with E-state index in [9.17, 15) is 9.59 Å². The van der Waals surface area contributed by atoms with E-state index < -0.39 is 0 Å². The highest BCUT2D eigenvalue weighted by Crippen LogP contribution is 2.33. The van der Waals surface area contributed by atoms with Gasteiger partial charge in [-0.15, -0.1) is 0 Å². The van der Waals surface area contributed by atoms with Gasteiger partial charge in [-0.1, -0.05) is 12.8 Å². The molecule has 18 heavy (non-hydrogen) atoms. The van der Waals surface area contributed by atoms with Crippen LogP contribution < -0.4 is 10.6 Å². The zero-order valence-corrected chi connectivity index (χ0v) is 10.9. The summed E-state index contributed by atoms with van der Waals surface area (Å²) in [5.74, 6) is 0.191. The fourth-order valence-electron chi connectivity index (χ4n) is 3.02. The number of carbonyl (C=O) groups excluding carboxylic acids is 2. The molecule has 0 bridgehead atoms. The summed E-state index contributed by atoms with van der Waals surface area (Å²) in [6, 6.07) is 0.365. The van der Waals surface area contributed by atoms with E-state index in [4.69, 9.17) is 4.74 Å². The third-order valence-electron chi connectivity index (χ3n) is 3.89. The molecule has 0 radical (unpaired) electrons. The van der Waals surface area contributed by atoms with Gasteiger partial charge in [0.1, 0.15) is 6.54 Å². The van der Waals surface area contributed by atoms with Gasteiger partial charge in [-0.25, -0.2) is 0 Å². The molecule has 0 aromatic carbocycles. The number of esters is 1. The largest absolute Gasteiger partial charge is 0.465 e. The molecule has 1 heterocycles. The van der Waals surface area contributed by atoms with Crippen molar-refractivity contribution in [1.82, 2.24) is 10.6 Å². The first-order chi connectivity index (χ1) is 8.70. The van der Waals surface area contributed by atoms with Crippen LogP contribution in [0, 0.1) is 5.92 Å². The summed E-state index contributed by atoms with van der Waals surface area (Å²) in [6.07, 6.45) is 5.83. The van der Waals surface area contributed by atoms with Crippen LogP contribution >= 0.6 is 0 Å². The van der Waals surface area contributed by atoms with Crippen molar-refractivity contribution in [3.05, 3.63) is 0 Å². The fourth-order valence-corrected chi connectivity index (χ4v) is 3.02. The maximum absolute atomic E-state index is 11.9. The average molecular weight is 254 g/mol. The van der Waals surface area contributed by atoms with E-state index in [1.165, 1.54) is 25.7 Å². The maximum Gasteiger partial charge on any atom is 0.325 e. The Morgan fingerprint density at radius 1 is 1.33 bits per heavy atom. The lowest BCUT2D eigenvalue weighted by atomic mass is 9.85. The van der Waals surface area contributed by atoms with Crippen LogP contribution in [0.25, 0.3) is 0 Å². The van der Waals surface area contributed by atoms with Crippen LogP contribution in [-0.2, 0) is 14.3 Å². The highest BCUT2D eigenvalue weighted by molar-refractivity contribution is 5.86. The number of hydrogen-bond acceptors (Lipinski definition) is 4. The summed E-state index contributed by atoms with van der Waals surface area (Å²) in [6.45, 7) is 2.07. The van der Waals surface area contributed by atoms with Gasteiger partial charge in [0.25, 0.3) is 0 Å². The SMILES string of the molecule is CCOC(=O)CNC(=O)C1CC2CCCCC2N1. The van der Waals surface area contributed by atoms with E-state index in [1.807, 2.05) is 0 Å². The molecule has 3 atom stereocenters. The van der Waals surface area contributed by atoms with Gasteiger partial charge in [0.05, 0.1) is 12.6 Å². The van der Waals surface area contributed by atoms with Crippen molar-refractivity contribution in [3.63, 3.8) is 0 Å². The zero-order chi connectivity index (χ0) is 13.0. The predicted molar refractivity (Wildman–Crippen MR) is 66.9 cm³/mol. The average Bonchev–Trinajstić information content (AvgIpc) is 2.80. The number of nitrogens with one attached hydrogen (secondary N) is 2. The molecule has 0 aromatic heterocycles. The second kappa shape index (κ2) is 6.18. The van der Waals surface area contributed by atoms with E-state index in [-0.39, 0.29) is 24.5 Å². The number of hydrogen-bond donors (Lipinski definition) is 2. The molecule has 2 rings (SSSR count). The van der Waals surface area contributed by atoms with Crippen LogP contribution in [0.1, 0.15) is 39.0 Å². The van der Waals surface area contributed by atoms with Gasteiger partial charge in [0, 0.05) is 6.04 Å². The first-order valence-electron chi connectivity index (χ1n) is 6.90. The lowest BCUT2D eigenvalue weighted by Crippen LogP contribution is -2.44. The van der Waals surface area contributed by atoms with E-state index >= 15 is 0 Å². The third kappa shape index (κ3) is 3.22. The van der Waals surface area contributed by atoms with Gasteiger partial charge in [-0.05, 0) is 32.1 Å². The van der Waals surface area contributed by atoms with Crippen LogP contribution in [-0.4, -0.2) is 37.1 Å². The monoisotopic (exact) mass is 254 g/mol. The summed E-state index contributed by atoms with van der Waals surface area (Å²) in [5, 5.41) is 6.03. The molecular weight excluding hydrogens is 232 g/mol. The Labute approximate surface area is 108 Å². The first kappa shape index (κ1) is 13.3. The molecule has 1 saturated carbocycles. The summed E-state index contributed by atoms with van der Waals surface area (Å²) < 4.78 is 4.78. The van der Waals surface area contributed by atoms with Crippen LogP contribution in [0.2, 0.25) is 0 Å². The van der Waals surface area contributed by atoms with Crippen LogP contribution in [0.3, 0.4) is 0 Å². The van der Waals surface area contributed by atoms with E-state index in [0.717, 1.165) is 6.42 Å². The second-order valence-corrected chi connectivity index (χ2v) is 5.13. The molecule has 1 saturated heterocycles. The molecule has 3 unspecified atom stereocenters. The van der Waals surface area contributed by atoms with Crippen molar-refractivity contribution in [2.24, 2.45) is 5.92 Å². The molecule has 0 spiro atoms. The number of fused-ring (bicyclic) bond motifs is 1. The summed E-state index contributed by atoms with van der Waals surface area (Å²) in [5.41, 5.74) is 0. The normalized spacial score (nSPS) is 30.6. The van der Waals surface area contributed by atoms with Crippen LogP contribution in [0.5, 0.6) is 0 Å². The number of amides is 1. The van der Waals surface area contributed by atoms with E-state index in [2.05, 4.69) is 10.6 Å². The summed E-state index contributed by atoms with van der Waals surface area (Å²) in [4.78, 5) is 23.1. The van der Waals surface area contributed by atoms with Gasteiger partial charge < -0.3 is 15.4 Å². The Kier molecular flexibility index (Phi) is 4.58. The molecule has 5 nitrogen and oxygen atoms in total. The zero-order valence-electron chi connectivity index (χ0n) is 10.9. The maximum atomic E-state index is 11.9. The van der Waals surface area contributed by atoms with Crippen LogP contribution in [0.4, 0.5) is 0 Å². The van der Waals surface area contributed by atoms with E-state index in [0.29, 0.717) is 18.6 Å². The lowest BCUT2D eigenvalue weighted by Gasteiger charge is -2.24. The Hall–Kier alpha value is -1.10. The Morgan fingerprint density at radius 3 is 2.83 bits per heavy atom. The molecular formula is C13H22N2O3. The number of carbonyl (C=O) groups is 2. The first-order valence-corrected chi connectivity index (χ1v) is 6.90. The van der Waals surface area contributed by atoms with Crippen LogP contribution in [0.15, 0.2) is 0 Å². The van der Waals surface area contributed by atoms with Crippen molar-refractivity contribution in [3.8, 4) is 0 Å². The summed E-state index contributed by atoms with van der Waals surface area (Å²) in [7, 11) is 0. The lowest BCUT2D eigenvalue weighted by molar-refractivity contribution is -0.143. The van der Waals surface area contributed by atoms with Gasteiger partial charge in [0.2, 0.25) is 5.91 Å². The van der Waals surface area contributed by atoms with Gasteiger partial charge in [-0.2, -0.15) is 0 Å². The Bertz CT molecular complexity index is 305. The molecule has 2 fully saturated rings. The van der Waals surface area contributed by atoms with Gasteiger partial charge in [0.15, 0.2) is 0 Å². The molecule has 1 aliphatic heterocycles. The molecule has 5 heteroatoms. The topological polar surface area (TPSA) is 67.4 Å². The van der Waals surface area contributed by atoms with Crippen molar-refractivity contribution in [2.45, 2.75) is 51.1 Å². The minimum Gasteiger partial charge on any atom is -0.465 e. The van der Waals surface area contributed by atoms with Crippen molar-refractivity contribution < 1.29 is 14.3 Å². The molecule has 0 aromatic rings. The molecule has 2 N–H and O–H groups in total. The highest BCUT2D eigenvalue weighted by Gasteiger charge is 2.38. The molecule has 1 aliphatic carbocycles. The second-order valence-electron chi connectivity index (χ2n) is 5.13. The van der Waals surface area contributed by atoms with Gasteiger partial charge in [-0.3, -0.25) is 9.59 Å². The van der Waals surface area contributed by atoms with Crippen molar-refractivity contribution >= 4 is 11.9 Å². The summed E-state index contributed by atoms with van der Waals surface area (Å²) >= 11 is 0. The highest BCUT2D eigenvalue weighted by atomic mass is 16.5. The molecule has 1 amide bonds. The molecule has 2 aliphatic rings. The quantitative estimate of drug-likeness (QED) is 0.720. The van der Waals surface area contributed by atoms with E-state index in [1.54, 1.807) is 6.92 Å². The smallest absolute Gasteiger partial charge is 0.325 e. The van der Waals surface area contributed by atoms with Crippen molar-refractivity contribution in [1.29, 1.82) is 0 Å². The minimum absolute atomic E-state index is 0.0276. The third-order valence-corrected chi connectivity index (χ3v) is 3.89.